The van der Waals surface area contributed by atoms with Crippen molar-refractivity contribution >= 4 is 5.97 Å². The fourth-order valence-electron chi connectivity index (χ4n) is 1.70. The Morgan fingerprint density at radius 3 is 2.72 bits per heavy atom. The number of aryl methyl sites for hydroxylation is 1. The van der Waals surface area contributed by atoms with Crippen LogP contribution in [0.25, 0.3) is 0 Å². The van der Waals surface area contributed by atoms with Gasteiger partial charge in [-0.25, -0.2) is 4.79 Å². The number of carboxylic acids is 1. The van der Waals surface area contributed by atoms with Crippen molar-refractivity contribution in [2.45, 2.75) is 26.3 Å². The first kappa shape index (κ1) is 14.7. The summed E-state index contributed by atoms with van der Waals surface area (Å²) < 4.78 is 5.14. The predicted molar refractivity (Wildman–Crippen MR) is 69.9 cm³/mol. The Hall–Kier alpha value is -1.33. The van der Waals surface area contributed by atoms with Crippen LogP contribution in [0.2, 0.25) is 0 Å². The van der Waals surface area contributed by atoms with E-state index in [-0.39, 0.29) is 5.76 Å². The van der Waals surface area contributed by atoms with Crippen LogP contribution in [-0.4, -0.2) is 43.2 Å². The number of carbonyl (C=O) groups is 1. The van der Waals surface area contributed by atoms with Crippen molar-refractivity contribution in [3.05, 3.63) is 23.2 Å². The Labute approximate surface area is 108 Å². The maximum Gasteiger partial charge on any atom is 0.371 e. The number of furan rings is 1. The molecule has 1 heterocycles. The number of rotatable bonds is 8. The number of hydrogen-bond donors (Lipinski definition) is 2. The highest BCUT2D eigenvalue weighted by Crippen LogP contribution is 2.14. The van der Waals surface area contributed by atoms with Gasteiger partial charge in [0.2, 0.25) is 5.76 Å². The van der Waals surface area contributed by atoms with E-state index in [0.717, 1.165) is 31.5 Å². The quantitative estimate of drug-likeness (QED) is 0.691. The van der Waals surface area contributed by atoms with E-state index in [1.54, 1.807) is 13.0 Å². The molecular formula is C13H22N2O3. The van der Waals surface area contributed by atoms with Crippen LogP contribution < -0.4 is 5.32 Å². The van der Waals surface area contributed by atoms with E-state index in [4.69, 9.17) is 9.52 Å². The Morgan fingerprint density at radius 1 is 1.44 bits per heavy atom. The number of nitrogens with one attached hydrogen (secondary N) is 1. The molecule has 0 amide bonds. The lowest BCUT2D eigenvalue weighted by atomic mass is 10.2. The van der Waals surface area contributed by atoms with Crippen molar-refractivity contribution in [3.63, 3.8) is 0 Å². The Bertz CT molecular complexity index is 386. The molecule has 0 aromatic carbocycles. The molecule has 0 spiro atoms. The first-order valence-electron chi connectivity index (χ1n) is 6.18. The molecule has 2 N–H and O–H groups in total. The smallest absolute Gasteiger partial charge is 0.371 e. The lowest BCUT2D eigenvalue weighted by Crippen LogP contribution is -2.18. The Morgan fingerprint density at radius 2 is 2.17 bits per heavy atom. The summed E-state index contributed by atoms with van der Waals surface area (Å²) in [5, 5.41) is 12.1. The highest BCUT2D eigenvalue weighted by Gasteiger charge is 2.12. The molecular weight excluding hydrogens is 232 g/mol. The fraction of sp³-hybridized carbons (Fsp3) is 0.615. The Balaban J connectivity index is 2.25. The third-order valence-corrected chi connectivity index (χ3v) is 2.76. The zero-order chi connectivity index (χ0) is 13.5. The highest BCUT2D eigenvalue weighted by molar-refractivity contribution is 5.84. The predicted octanol–water partition coefficient (Wildman–Crippen LogP) is 1.72. The fourth-order valence-corrected chi connectivity index (χ4v) is 1.70. The number of unbranched alkanes of at least 4 members (excludes halogenated alkanes) is 1. The minimum absolute atomic E-state index is 0.0110. The molecule has 102 valence electrons. The molecule has 0 fully saturated rings. The van der Waals surface area contributed by atoms with E-state index >= 15 is 0 Å². The molecule has 0 aliphatic heterocycles. The molecule has 18 heavy (non-hydrogen) atoms. The van der Waals surface area contributed by atoms with Gasteiger partial charge in [0.1, 0.15) is 5.76 Å². The van der Waals surface area contributed by atoms with Gasteiger partial charge in [0.15, 0.2) is 0 Å². The summed E-state index contributed by atoms with van der Waals surface area (Å²) in [4.78, 5) is 12.9. The van der Waals surface area contributed by atoms with Crippen molar-refractivity contribution in [2.75, 3.05) is 27.2 Å². The van der Waals surface area contributed by atoms with Crippen molar-refractivity contribution in [2.24, 2.45) is 0 Å². The van der Waals surface area contributed by atoms with Gasteiger partial charge in [-0.15, -0.1) is 0 Å². The average molecular weight is 254 g/mol. The van der Waals surface area contributed by atoms with Gasteiger partial charge in [-0.1, -0.05) is 0 Å². The van der Waals surface area contributed by atoms with E-state index in [2.05, 4.69) is 24.3 Å². The molecule has 0 saturated carbocycles. The van der Waals surface area contributed by atoms with E-state index < -0.39 is 5.97 Å². The summed E-state index contributed by atoms with van der Waals surface area (Å²) in [6.45, 7) is 4.47. The molecule has 0 aliphatic rings. The third kappa shape index (κ3) is 4.89. The second kappa shape index (κ2) is 7.18. The molecule has 1 rings (SSSR count). The van der Waals surface area contributed by atoms with E-state index in [0.29, 0.717) is 12.3 Å². The SMILES string of the molecule is Cc1oc(C(=O)O)cc1CNCCCCN(C)C. The van der Waals surface area contributed by atoms with Gasteiger partial charge in [0.25, 0.3) is 0 Å². The van der Waals surface area contributed by atoms with Gasteiger partial charge in [-0.2, -0.15) is 0 Å². The van der Waals surface area contributed by atoms with Crippen molar-refractivity contribution in [1.29, 1.82) is 0 Å². The minimum atomic E-state index is -1.02. The molecule has 1 aromatic heterocycles. The van der Waals surface area contributed by atoms with Gasteiger partial charge in [-0.05, 0) is 53.0 Å². The standard InChI is InChI=1S/C13H22N2O3/c1-10-11(8-12(18-10)13(16)17)9-14-6-4-5-7-15(2)3/h8,14H,4-7,9H2,1-3H3,(H,16,17). The number of hydrogen-bond acceptors (Lipinski definition) is 4. The first-order chi connectivity index (χ1) is 8.50. The lowest BCUT2D eigenvalue weighted by Gasteiger charge is -2.09. The largest absolute Gasteiger partial charge is 0.475 e. The van der Waals surface area contributed by atoms with Gasteiger partial charge >= 0.3 is 5.97 Å². The van der Waals surface area contributed by atoms with Crippen molar-refractivity contribution < 1.29 is 14.3 Å². The van der Waals surface area contributed by atoms with Crippen LogP contribution in [0.1, 0.15) is 34.7 Å². The first-order valence-corrected chi connectivity index (χ1v) is 6.18. The second-order valence-electron chi connectivity index (χ2n) is 4.68. The number of nitrogens with zero attached hydrogens (tertiary/aromatic N) is 1. The summed E-state index contributed by atoms with van der Waals surface area (Å²) in [6.07, 6.45) is 2.27. The summed E-state index contributed by atoms with van der Waals surface area (Å²) in [6, 6.07) is 1.59. The van der Waals surface area contributed by atoms with E-state index in [1.165, 1.54) is 0 Å². The summed E-state index contributed by atoms with van der Waals surface area (Å²) in [5.41, 5.74) is 0.917. The molecule has 5 nitrogen and oxygen atoms in total. The zero-order valence-electron chi connectivity index (χ0n) is 11.3. The summed E-state index contributed by atoms with van der Waals surface area (Å²) >= 11 is 0. The van der Waals surface area contributed by atoms with Crippen LogP contribution in [0, 0.1) is 6.92 Å². The van der Waals surface area contributed by atoms with Gasteiger partial charge in [-0.3, -0.25) is 0 Å². The molecule has 0 bridgehead atoms. The van der Waals surface area contributed by atoms with E-state index in [9.17, 15) is 4.79 Å². The number of carboxylic acid groups (broad SMARTS) is 1. The Kier molecular flexibility index (Phi) is 5.88. The molecule has 0 atom stereocenters. The van der Waals surface area contributed by atoms with Gasteiger partial charge < -0.3 is 19.7 Å². The summed E-state index contributed by atoms with van der Waals surface area (Å²) in [7, 11) is 4.13. The normalized spacial score (nSPS) is 11.1. The monoisotopic (exact) mass is 254 g/mol. The topological polar surface area (TPSA) is 65.7 Å². The summed E-state index contributed by atoms with van der Waals surface area (Å²) in [5.74, 6) is -0.333. The minimum Gasteiger partial charge on any atom is -0.475 e. The maximum atomic E-state index is 10.7. The van der Waals surface area contributed by atoms with Crippen LogP contribution in [-0.2, 0) is 6.54 Å². The molecule has 0 unspecified atom stereocenters. The maximum absolute atomic E-state index is 10.7. The van der Waals surface area contributed by atoms with Crippen molar-refractivity contribution in [1.82, 2.24) is 10.2 Å². The van der Waals surface area contributed by atoms with Crippen LogP contribution in [0.15, 0.2) is 10.5 Å². The zero-order valence-corrected chi connectivity index (χ0v) is 11.3. The van der Waals surface area contributed by atoms with Crippen LogP contribution in [0.5, 0.6) is 0 Å². The average Bonchev–Trinajstić information content (AvgIpc) is 2.65. The third-order valence-electron chi connectivity index (χ3n) is 2.76. The van der Waals surface area contributed by atoms with Gasteiger partial charge in [0.05, 0.1) is 0 Å². The van der Waals surface area contributed by atoms with Crippen LogP contribution >= 0.6 is 0 Å². The van der Waals surface area contributed by atoms with Crippen LogP contribution in [0.4, 0.5) is 0 Å². The highest BCUT2D eigenvalue weighted by atomic mass is 16.4. The van der Waals surface area contributed by atoms with Crippen LogP contribution in [0.3, 0.4) is 0 Å². The number of aromatic carboxylic acids is 1. The van der Waals surface area contributed by atoms with E-state index in [1.807, 2.05) is 0 Å². The molecule has 5 heteroatoms. The van der Waals surface area contributed by atoms with Crippen molar-refractivity contribution in [3.8, 4) is 0 Å². The van der Waals surface area contributed by atoms with Gasteiger partial charge in [0, 0.05) is 12.1 Å². The second-order valence-corrected chi connectivity index (χ2v) is 4.68. The molecule has 0 saturated heterocycles. The molecule has 1 aromatic rings. The lowest BCUT2D eigenvalue weighted by molar-refractivity contribution is 0.0661. The molecule has 0 aliphatic carbocycles. The molecule has 0 radical (unpaired) electrons.